The Hall–Kier alpha value is -1.35. The lowest BCUT2D eigenvalue weighted by atomic mass is 10.1. The fourth-order valence-corrected chi connectivity index (χ4v) is 5.31. The van der Waals surface area contributed by atoms with E-state index in [1.807, 2.05) is 4.90 Å². The number of hydrogen-bond acceptors (Lipinski definition) is 5. The van der Waals surface area contributed by atoms with Gasteiger partial charge in [-0.1, -0.05) is 0 Å². The predicted octanol–water partition coefficient (Wildman–Crippen LogP) is 1.52. The van der Waals surface area contributed by atoms with Crippen molar-refractivity contribution < 1.29 is 17.9 Å². The molecule has 2 saturated heterocycles. The average Bonchev–Trinajstić information content (AvgIpc) is 3.34. The van der Waals surface area contributed by atoms with Crippen molar-refractivity contribution in [2.45, 2.75) is 55.1 Å². The standard InChI is InChI=1S/C18H25N3O4S.ClH/c1-25-16-7-2-12(10-17(16)26(23,24)20-14-4-5-14)18(22)21-9-8-13-3-6-15(11-21)19-13;/h2,7,10,13-15,19-20H,3-6,8-9,11H2,1H3;1H. The van der Waals surface area contributed by atoms with Crippen LogP contribution in [0.5, 0.6) is 5.75 Å². The van der Waals surface area contributed by atoms with Gasteiger partial charge < -0.3 is 15.0 Å². The van der Waals surface area contributed by atoms with Crippen LogP contribution in [0.3, 0.4) is 0 Å². The Morgan fingerprint density at radius 1 is 1.19 bits per heavy atom. The molecule has 7 nitrogen and oxygen atoms in total. The summed E-state index contributed by atoms with van der Waals surface area (Å²) in [6, 6.07) is 5.49. The van der Waals surface area contributed by atoms with Gasteiger partial charge in [0.1, 0.15) is 10.6 Å². The van der Waals surface area contributed by atoms with Gasteiger partial charge in [0, 0.05) is 36.8 Å². The molecule has 2 aliphatic heterocycles. The zero-order valence-electron chi connectivity index (χ0n) is 15.3. The molecule has 3 aliphatic rings. The molecule has 1 aromatic rings. The summed E-state index contributed by atoms with van der Waals surface area (Å²) in [5.74, 6) is 0.135. The van der Waals surface area contributed by atoms with Gasteiger partial charge in [0.15, 0.2) is 0 Å². The summed E-state index contributed by atoms with van der Waals surface area (Å²) in [4.78, 5) is 14.9. The van der Waals surface area contributed by atoms with Gasteiger partial charge in [0.2, 0.25) is 10.0 Å². The number of amides is 1. The first-order chi connectivity index (χ1) is 12.5. The Kier molecular flexibility index (Phi) is 6.00. The molecule has 1 aromatic carbocycles. The number of benzene rings is 1. The van der Waals surface area contributed by atoms with Gasteiger partial charge in [-0.2, -0.15) is 0 Å². The summed E-state index contributed by atoms with van der Waals surface area (Å²) < 4.78 is 33.2. The molecular formula is C18H26ClN3O4S. The fourth-order valence-electron chi connectivity index (χ4n) is 3.81. The summed E-state index contributed by atoms with van der Waals surface area (Å²) in [7, 11) is -2.27. The van der Waals surface area contributed by atoms with E-state index in [9.17, 15) is 13.2 Å². The third kappa shape index (κ3) is 4.39. The molecule has 2 unspecified atom stereocenters. The first kappa shape index (κ1) is 20.4. The van der Waals surface area contributed by atoms with Gasteiger partial charge >= 0.3 is 0 Å². The van der Waals surface area contributed by atoms with Crippen LogP contribution in [-0.2, 0) is 10.0 Å². The van der Waals surface area contributed by atoms with E-state index in [0.29, 0.717) is 30.7 Å². The summed E-state index contributed by atoms with van der Waals surface area (Å²) in [6.07, 6.45) is 4.90. The maximum Gasteiger partial charge on any atom is 0.253 e. The van der Waals surface area contributed by atoms with Crippen molar-refractivity contribution in [3.05, 3.63) is 23.8 Å². The number of likely N-dealkylation sites (tertiary alicyclic amines) is 1. The van der Waals surface area contributed by atoms with Crippen molar-refractivity contribution >= 4 is 28.3 Å². The molecule has 0 spiro atoms. The van der Waals surface area contributed by atoms with Crippen LogP contribution >= 0.6 is 12.4 Å². The van der Waals surface area contributed by atoms with Crippen molar-refractivity contribution in [2.75, 3.05) is 20.2 Å². The fraction of sp³-hybridized carbons (Fsp3) is 0.611. The van der Waals surface area contributed by atoms with E-state index in [1.54, 1.807) is 12.1 Å². The third-order valence-electron chi connectivity index (χ3n) is 5.41. The zero-order chi connectivity index (χ0) is 18.3. The molecule has 2 heterocycles. The van der Waals surface area contributed by atoms with E-state index in [1.165, 1.54) is 19.6 Å². The van der Waals surface area contributed by atoms with Gasteiger partial charge in [-0.05, 0) is 50.3 Å². The van der Waals surface area contributed by atoms with Gasteiger partial charge in [-0.25, -0.2) is 13.1 Å². The number of hydrogen-bond donors (Lipinski definition) is 2. The summed E-state index contributed by atoms with van der Waals surface area (Å²) in [6.45, 7) is 1.37. The molecule has 150 valence electrons. The highest BCUT2D eigenvalue weighted by Crippen LogP contribution is 2.29. The van der Waals surface area contributed by atoms with Crippen LogP contribution in [0.4, 0.5) is 0 Å². The highest BCUT2D eigenvalue weighted by atomic mass is 35.5. The van der Waals surface area contributed by atoms with Gasteiger partial charge in [-0.15, -0.1) is 12.4 Å². The molecule has 1 saturated carbocycles. The second-order valence-electron chi connectivity index (χ2n) is 7.44. The monoisotopic (exact) mass is 415 g/mol. The largest absolute Gasteiger partial charge is 0.495 e. The Bertz CT molecular complexity index is 813. The number of carbonyl (C=O) groups excluding carboxylic acids is 1. The number of halogens is 1. The molecule has 1 aliphatic carbocycles. The highest BCUT2D eigenvalue weighted by molar-refractivity contribution is 7.89. The molecule has 2 atom stereocenters. The second kappa shape index (κ2) is 7.95. The van der Waals surface area contributed by atoms with Crippen molar-refractivity contribution in [1.82, 2.24) is 14.9 Å². The summed E-state index contributed by atoms with van der Waals surface area (Å²) in [5.41, 5.74) is 0.389. The third-order valence-corrected chi connectivity index (χ3v) is 6.95. The number of methoxy groups -OCH3 is 1. The SMILES string of the molecule is COc1ccc(C(=O)N2CCC3CCC(C2)N3)cc1S(=O)(=O)NC1CC1.Cl. The molecule has 0 radical (unpaired) electrons. The molecule has 3 fully saturated rings. The minimum atomic E-state index is -3.70. The van der Waals surface area contributed by atoms with Crippen LogP contribution < -0.4 is 14.8 Å². The Morgan fingerprint density at radius 3 is 2.63 bits per heavy atom. The molecule has 9 heteroatoms. The Morgan fingerprint density at radius 2 is 1.93 bits per heavy atom. The minimum Gasteiger partial charge on any atom is -0.495 e. The topological polar surface area (TPSA) is 87.7 Å². The van der Waals surface area contributed by atoms with Crippen molar-refractivity contribution in [3.63, 3.8) is 0 Å². The predicted molar refractivity (Wildman–Crippen MR) is 104 cm³/mol. The zero-order valence-corrected chi connectivity index (χ0v) is 16.9. The molecule has 2 N–H and O–H groups in total. The molecule has 4 rings (SSSR count). The van der Waals surface area contributed by atoms with E-state index in [0.717, 1.165) is 25.7 Å². The van der Waals surface area contributed by atoms with Crippen LogP contribution in [0, 0.1) is 0 Å². The lowest BCUT2D eigenvalue weighted by Crippen LogP contribution is -2.39. The number of rotatable bonds is 5. The summed E-state index contributed by atoms with van der Waals surface area (Å²) in [5, 5.41) is 3.55. The van der Waals surface area contributed by atoms with Crippen LogP contribution in [0.2, 0.25) is 0 Å². The lowest BCUT2D eigenvalue weighted by molar-refractivity contribution is 0.0748. The molecular weight excluding hydrogens is 390 g/mol. The first-order valence-corrected chi connectivity index (χ1v) is 10.7. The average molecular weight is 416 g/mol. The van der Waals surface area contributed by atoms with E-state index < -0.39 is 10.0 Å². The van der Waals surface area contributed by atoms with E-state index in [-0.39, 0.29) is 35.0 Å². The quantitative estimate of drug-likeness (QED) is 0.761. The normalized spacial score (nSPS) is 24.9. The minimum absolute atomic E-state index is 0. The Labute approximate surface area is 166 Å². The van der Waals surface area contributed by atoms with Crippen LogP contribution in [0.15, 0.2) is 23.1 Å². The van der Waals surface area contributed by atoms with Crippen LogP contribution in [0.1, 0.15) is 42.5 Å². The number of fused-ring (bicyclic) bond motifs is 2. The maximum atomic E-state index is 13.0. The Balaban J connectivity index is 0.00000210. The van der Waals surface area contributed by atoms with Crippen LogP contribution in [-0.4, -0.2) is 57.5 Å². The highest BCUT2D eigenvalue weighted by Gasteiger charge is 2.33. The summed E-state index contributed by atoms with van der Waals surface area (Å²) >= 11 is 0. The van der Waals surface area contributed by atoms with Crippen molar-refractivity contribution in [2.24, 2.45) is 0 Å². The molecule has 1 amide bonds. The van der Waals surface area contributed by atoms with Crippen LogP contribution in [0.25, 0.3) is 0 Å². The first-order valence-electron chi connectivity index (χ1n) is 9.22. The van der Waals surface area contributed by atoms with E-state index >= 15 is 0 Å². The number of ether oxygens (including phenoxy) is 1. The lowest BCUT2D eigenvalue weighted by Gasteiger charge is -2.24. The van der Waals surface area contributed by atoms with Gasteiger partial charge in [0.05, 0.1) is 7.11 Å². The second-order valence-corrected chi connectivity index (χ2v) is 9.12. The number of nitrogens with zero attached hydrogens (tertiary/aromatic N) is 1. The van der Waals surface area contributed by atoms with Gasteiger partial charge in [0.25, 0.3) is 5.91 Å². The number of nitrogens with one attached hydrogen (secondary N) is 2. The smallest absolute Gasteiger partial charge is 0.253 e. The van der Waals surface area contributed by atoms with Crippen molar-refractivity contribution in [1.29, 1.82) is 0 Å². The number of sulfonamides is 1. The van der Waals surface area contributed by atoms with Crippen molar-refractivity contribution in [3.8, 4) is 5.75 Å². The maximum absolute atomic E-state index is 13.0. The number of carbonyl (C=O) groups is 1. The molecule has 0 aromatic heterocycles. The van der Waals surface area contributed by atoms with E-state index in [4.69, 9.17) is 4.74 Å². The van der Waals surface area contributed by atoms with E-state index in [2.05, 4.69) is 10.0 Å². The molecule has 27 heavy (non-hydrogen) atoms. The van der Waals surface area contributed by atoms with Gasteiger partial charge in [-0.3, -0.25) is 4.79 Å². The molecule has 2 bridgehead atoms.